The molecule has 0 bridgehead atoms. The van der Waals surface area contributed by atoms with Gasteiger partial charge in [0, 0.05) is 29.5 Å². The zero-order chi connectivity index (χ0) is 19.4. The van der Waals surface area contributed by atoms with Gasteiger partial charge in [0.25, 0.3) is 5.91 Å². The Morgan fingerprint density at radius 2 is 1.81 bits per heavy atom. The monoisotopic (exact) mass is 361 g/mol. The fraction of sp³-hybridized carbons (Fsp3) is 0.273. The molecule has 2 aromatic carbocycles. The van der Waals surface area contributed by atoms with Gasteiger partial charge in [-0.2, -0.15) is 0 Å². The van der Waals surface area contributed by atoms with Gasteiger partial charge in [0.15, 0.2) is 0 Å². The molecule has 5 nitrogen and oxygen atoms in total. The number of carbonyl (C=O) groups excluding carboxylic acids is 2. The van der Waals surface area contributed by atoms with Crippen molar-refractivity contribution in [2.24, 2.45) is 0 Å². The Kier molecular flexibility index (Phi) is 5.46. The highest BCUT2D eigenvalue weighted by Crippen LogP contribution is 2.39. The molecular weight excluding hydrogens is 338 g/mol. The highest BCUT2D eigenvalue weighted by atomic mass is 16.2. The third-order valence-electron chi connectivity index (χ3n) is 4.78. The number of para-hydroxylation sites is 1. The Bertz CT molecular complexity index is 883. The van der Waals surface area contributed by atoms with E-state index in [4.69, 9.17) is 6.42 Å². The minimum Gasteiger partial charge on any atom is -0.378 e. The molecular formula is C22H23N3O2. The van der Waals surface area contributed by atoms with Gasteiger partial charge in [-0.25, -0.2) is 0 Å². The second-order valence-electron chi connectivity index (χ2n) is 6.63. The second-order valence-corrected chi connectivity index (χ2v) is 6.63. The number of amides is 2. The Morgan fingerprint density at radius 1 is 1.15 bits per heavy atom. The lowest BCUT2D eigenvalue weighted by Crippen LogP contribution is -2.44. The fourth-order valence-corrected chi connectivity index (χ4v) is 3.52. The number of carbonyl (C=O) groups is 2. The normalized spacial score (nSPS) is 18.2. The largest absolute Gasteiger partial charge is 0.378 e. The van der Waals surface area contributed by atoms with Crippen LogP contribution in [0.15, 0.2) is 48.5 Å². The lowest BCUT2D eigenvalue weighted by atomic mass is 9.91. The first-order chi connectivity index (χ1) is 13.0. The fourth-order valence-electron chi connectivity index (χ4n) is 3.52. The number of anilines is 3. The van der Waals surface area contributed by atoms with E-state index in [1.54, 1.807) is 0 Å². The summed E-state index contributed by atoms with van der Waals surface area (Å²) >= 11 is 0. The van der Waals surface area contributed by atoms with E-state index < -0.39 is 5.91 Å². The van der Waals surface area contributed by atoms with Crippen molar-refractivity contribution in [2.75, 3.05) is 15.5 Å². The molecule has 0 spiro atoms. The van der Waals surface area contributed by atoms with Crippen molar-refractivity contribution in [1.82, 2.24) is 0 Å². The van der Waals surface area contributed by atoms with Crippen molar-refractivity contribution in [3.05, 3.63) is 54.1 Å². The third kappa shape index (κ3) is 3.95. The third-order valence-corrected chi connectivity index (χ3v) is 4.78. The lowest BCUT2D eigenvalue weighted by molar-refractivity contribution is -0.118. The van der Waals surface area contributed by atoms with Crippen LogP contribution in [0.3, 0.4) is 0 Å². The molecule has 0 radical (unpaired) electrons. The van der Waals surface area contributed by atoms with E-state index in [9.17, 15) is 9.59 Å². The lowest BCUT2D eigenvalue weighted by Gasteiger charge is -2.40. The standard InChI is InChI=1S/C22H23N3O2/c1-4-21(26)24-17-12-10-16(11-13-17)23-19-14-15(3)25(22(27)5-2)20-9-7-6-8-18(19)20/h1,6-13,15,19,23H,5,14H2,2-3H3,(H,24,26)/t15-,19+/m0/s1. The van der Waals surface area contributed by atoms with Crippen LogP contribution in [0.5, 0.6) is 0 Å². The SMILES string of the molecule is C#CC(=O)Nc1ccc(N[C@@H]2C[C@H](C)N(C(=O)CC)c3ccccc32)cc1. The molecule has 0 saturated carbocycles. The first-order valence-electron chi connectivity index (χ1n) is 9.08. The number of hydrogen-bond donors (Lipinski definition) is 2. The van der Waals surface area contributed by atoms with Crippen LogP contribution in [0.4, 0.5) is 17.1 Å². The maximum absolute atomic E-state index is 12.4. The van der Waals surface area contributed by atoms with Crippen LogP contribution in [0.1, 0.15) is 38.3 Å². The maximum Gasteiger partial charge on any atom is 0.300 e. The summed E-state index contributed by atoms with van der Waals surface area (Å²) in [4.78, 5) is 25.6. The van der Waals surface area contributed by atoms with E-state index in [0.29, 0.717) is 12.1 Å². The summed E-state index contributed by atoms with van der Waals surface area (Å²) in [5, 5.41) is 6.17. The molecule has 2 aromatic rings. The van der Waals surface area contributed by atoms with Crippen LogP contribution in [0.25, 0.3) is 0 Å². The summed E-state index contributed by atoms with van der Waals surface area (Å²) in [7, 11) is 0. The molecule has 0 saturated heterocycles. The number of terminal acetylenes is 1. The minimum absolute atomic E-state index is 0.100. The first-order valence-corrected chi connectivity index (χ1v) is 9.08. The van der Waals surface area contributed by atoms with Crippen molar-refractivity contribution in [1.29, 1.82) is 0 Å². The number of rotatable bonds is 4. The summed E-state index contributed by atoms with van der Waals surface area (Å²) < 4.78 is 0. The van der Waals surface area contributed by atoms with Gasteiger partial charge in [-0.05, 0) is 55.2 Å². The van der Waals surface area contributed by atoms with Gasteiger partial charge in [-0.1, -0.05) is 25.1 Å². The molecule has 1 aliphatic rings. The summed E-state index contributed by atoms with van der Waals surface area (Å²) in [6.45, 7) is 3.97. The first kappa shape index (κ1) is 18.5. The Labute approximate surface area is 159 Å². The predicted molar refractivity (Wildman–Crippen MR) is 109 cm³/mol. The molecule has 5 heteroatoms. The van der Waals surface area contributed by atoms with Crippen molar-refractivity contribution >= 4 is 28.9 Å². The molecule has 0 unspecified atom stereocenters. The summed E-state index contributed by atoms with van der Waals surface area (Å²) in [5.74, 6) is 1.70. The average molecular weight is 361 g/mol. The van der Waals surface area contributed by atoms with Crippen molar-refractivity contribution in [3.63, 3.8) is 0 Å². The molecule has 0 aromatic heterocycles. The summed E-state index contributed by atoms with van der Waals surface area (Å²) in [5.41, 5.74) is 3.68. The molecule has 0 fully saturated rings. The molecule has 2 amide bonds. The zero-order valence-corrected chi connectivity index (χ0v) is 15.5. The van der Waals surface area contributed by atoms with Gasteiger partial charge in [-0.15, -0.1) is 6.42 Å². The molecule has 3 rings (SSSR count). The quantitative estimate of drug-likeness (QED) is 0.811. The van der Waals surface area contributed by atoms with E-state index in [2.05, 4.69) is 23.6 Å². The maximum atomic E-state index is 12.4. The minimum atomic E-state index is -0.466. The van der Waals surface area contributed by atoms with Gasteiger partial charge in [0.1, 0.15) is 0 Å². The van der Waals surface area contributed by atoms with Crippen LogP contribution in [-0.4, -0.2) is 17.9 Å². The Hall–Kier alpha value is -3.26. The van der Waals surface area contributed by atoms with E-state index in [-0.39, 0.29) is 18.0 Å². The van der Waals surface area contributed by atoms with E-state index in [0.717, 1.165) is 23.4 Å². The van der Waals surface area contributed by atoms with Crippen molar-refractivity contribution in [2.45, 2.75) is 38.8 Å². The van der Waals surface area contributed by atoms with Gasteiger partial charge < -0.3 is 15.5 Å². The molecule has 1 aliphatic heterocycles. The van der Waals surface area contributed by atoms with E-state index in [1.807, 2.05) is 60.2 Å². The van der Waals surface area contributed by atoms with Gasteiger partial charge in [0.05, 0.1) is 6.04 Å². The molecule has 138 valence electrons. The molecule has 2 N–H and O–H groups in total. The molecule has 1 heterocycles. The number of hydrogen-bond acceptors (Lipinski definition) is 3. The van der Waals surface area contributed by atoms with Crippen LogP contribution in [0, 0.1) is 12.3 Å². The summed E-state index contributed by atoms with van der Waals surface area (Å²) in [6.07, 6.45) is 6.38. The van der Waals surface area contributed by atoms with Crippen molar-refractivity contribution < 1.29 is 9.59 Å². The smallest absolute Gasteiger partial charge is 0.300 e. The highest BCUT2D eigenvalue weighted by molar-refractivity contribution is 6.03. The van der Waals surface area contributed by atoms with Gasteiger partial charge in [0.2, 0.25) is 5.91 Å². The highest BCUT2D eigenvalue weighted by Gasteiger charge is 2.32. The van der Waals surface area contributed by atoms with Gasteiger partial charge >= 0.3 is 0 Å². The number of benzene rings is 2. The van der Waals surface area contributed by atoms with E-state index in [1.165, 1.54) is 0 Å². The second kappa shape index (κ2) is 7.96. The van der Waals surface area contributed by atoms with E-state index >= 15 is 0 Å². The van der Waals surface area contributed by atoms with Crippen LogP contribution in [-0.2, 0) is 9.59 Å². The van der Waals surface area contributed by atoms with Crippen LogP contribution < -0.4 is 15.5 Å². The number of fused-ring (bicyclic) bond motifs is 1. The Balaban J connectivity index is 1.82. The number of nitrogens with zero attached hydrogens (tertiary/aromatic N) is 1. The summed E-state index contributed by atoms with van der Waals surface area (Å²) in [6, 6.07) is 15.7. The molecule has 2 atom stereocenters. The average Bonchev–Trinajstić information content (AvgIpc) is 2.69. The van der Waals surface area contributed by atoms with Crippen LogP contribution in [0.2, 0.25) is 0 Å². The molecule has 0 aliphatic carbocycles. The molecule has 27 heavy (non-hydrogen) atoms. The van der Waals surface area contributed by atoms with Gasteiger partial charge in [-0.3, -0.25) is 9.59 Å². The number of nitrogens with one attached hydrogen (secondary N) is 2. The predicted octanol–water partition coefficient (Wildman–Crippen LogP) is 3.95. The zero-order valence-electron chi connectivity index (χ0n) is 15.5. The topological polar surface area (TPSA) is 61.4 Å². The van der Waals surface area contributed by atoms with Crippen molar-refractivity contribution in [3.8, 4) is 12.3 Å². The van der Waals surface area contributed by atoms with Crippen LogP contribution >= 0.6 is 0 Å². The Morgan fingerprint density at radius 3 is 2.48 bits per heavy atom.